The van der Waals surface area contributed by atoms with Crippen LogP contribution in [0.3, 0.4) is 0 Å². The van der Waals surface area contributed by atoms with Crippen LogP contribution in [0.15, 0.2) is 77.9 Å². The highest BCUT2D eigenvalue weighted by molar-refractivity contribution is 5.90. The normalized spacial score (nSPS) is 11.3. The summed E-state index contributed by atoms with van der Waals surface area (Å²) in [5.74, 6) is -1.23. The van der Waals surface area contributed by atoms with Gasteiger partial charge in [0.25, 0.3) is 5.56 Å². The number of hydrogen-bond acceptors (Lipinski definition) is 7. The third-order valence-corrected chi connectivity index (χ3v) is 7.81. The molecule has 0 aliphatic rings. The summed E-state index contributed by atoms with van der Waals surface area (Å²) in [6.45, 7) is 6.76. The molecule has 0 fully saturated rings. The lowest BCUT2D eigenvalue weighted by Crippen LogP contribution is -2.30. The SMILES string of the molecule is CCOC(=O)c1cn(Cc2cc(F)ccc2F)c2c(C#N)c(-c3ccc(OCC(C)C)cc3)c(CN(C)CCc3ccccn3)n2c1=O. The van der Waals surface area contributed by atoms with E-state index < -0.39 is 23.2 Å². The average molecular weight is 654 g/mol. The molecule has 0 aliphatic heterocycles. The molecule has 9 nitrogen and oxygen atoms in total. The van der Waals surface area contributed by atoms with Crippen molar-refractivity contribution in [1.29, 1.82) is 5.26 Å². The minimum atomic E-state index is -0.868. The Kier molecular flexibility index (Phi) is 10.7. The second-order valence-electron chi connectivity index (χ2n) is 11.9. The molecule has 0 amide bonds. The third-order valence-electron chi connectivity index (χ3n) is 7.81. The van der Waals surface area contributed by atoms with E-state index >= 15 is 0 Å². The van der Waals surface area contributed by atoms with Crippen LogP contribution in [0.2, 0.25) is 0 Å². The number of nitrogens with zero attached hydrogens (tertiary/aromatic N) is 5. The molecule has 11 heteroatoms. The number of carbonyl (C=O) groups is 1. The van der Waals surface area contributed by atoms with E-state index in [2.05, 4.69) is 11.1 Å². The Morgan fingerprint density at radius 2 is 1.88 bits per heavy atom. The molecular formula is C37H37F2N5O4. The number of benzene rings is 2. The molecule has 48 heavy (non-hydrogen) atoms. The van der Waals surface area contributed by atoms with Gasteiger partial charge in [0.05, 0.1) is 25.5 Å². The summed E-state index contributed by atoms with van der Waals surface area (Å²) in [5, 5.41) is 10.7. The molecule has 0 saturated carbocycles. The molecule has 248 valence electrons. The van der Waals surface area contributed by atoms with Gasteiger partial charge in [-0.25, -0.2) is 13.6 Å². The van der Waals surface area contributed by atoms with Gasteiger partial charge >= 0.3 is 5.97 Å². The maximum atomic E-state index is 15.0. The minimum absolute atomic E-state index is 0.0174. The van der Waals surface area contributed by atoms with Crippen molar-refractivity contribution in [3.63, 3.8) is 0 Å². The zero-order chi connectivity index (χ0) is 34.4. The van der Waals surface area contributed by atoms with Gasteiger partial charge in [0.2, 0.25) is 0 Å². The Balaban J connectivity index is 1.74. The Morgan fingerprint density at radius 3 is 2.54 bits per heavy atom. The van der Waals surface area contributed by atoms with Gasteiger partial charge in [0.1, 0.15) is 40.2 Å². The molecule has 5 rings (SSSR count). The Bertz CT molecular complexity index is 2010. The van der Waals surface area contributed by atoms with Crippen molar-refractivity contribution >= 4 is 11.6 Å². The van der Waals surface area contributed by atoms with E-state index in [1.165, 1.54) is 15.2 Å². The smallest absolute Gasteiger partial charge is 0.345 e. The number of nitriles is 1. The van der Waals surface area contributed by atoms with E-state index in [1.54, 1.807) is 25.3 Å². The van der Waals surface area contributed by atoms with Gasteiger partial charge in [-0.2, -0.15) is 5.26 Å². The fourth-order valence-electron chi connectivity index (χ4n) is 5.54. The number of ether oxygens (including phenoxy) is 2. The van der Waals surface area contributed by atoms with Gasteiger partial charge in [-0.3, -0.25) is 14.2 Å². The molecule has 0 radical (unpaired) electrons. The first-order valence-corrected chi connectivity index (χ1v) is 15.7. The molecule has 0 atom stereocenters. The van der Waals surface area contributed by atoms with E-state index in [9.17, 15) is 23.6 Å². The zero-order valence-corrected chi connectivity index (χ0v) is 27.4. The van der Waals surface area contributed by atoms with E-state index in [1.807, 2.05) is 56.1 Å². The first-order valence-electron chi connectivity index (χ1n) is 15.7. The van der Waals surface area contributed by atoms with E-state index in [-0.39, 0.29) is 42.0 Å². The van der Waals surface area contributed by atoms with Crippen LogP contribution < -0.4 is 10.3 Å². The van der Waals surface area contributed by atoms with Crippen LogP contribution in [-0.2, 0) is 24.2 Å². The van der Waals surface area contributed by atoms with Crippen molar-refractivity contribution < 1.29 is 23.0 Å². The summed E-state index contributed by atoms with van der Waals surface area (Å²) in [7, 11) is 1.89. The molecule has 0 bridgehead atoms. The first-order chi connectivity index (χ1) is 23.1. The van der Waals surface area contributed by atoms with Gasteiger partial charge < -0.3 is 18.9 Å². The summed E-state index contributed by atoms with van der Waals surface area (Å²) in [5.41, 5.74) is 1.72. The number of esters is 1. The number of fused-ring (bicyclic) bond motifs is 1. The highest BCUT2D eigenvalue weighted by Crippen LogP contribution is 2.35. The lowest BCUT2D eigenvalue weighted by molar-refractivity contribution is 0.0523. The van der Waals surface area contributed by atoms with Crippen molar-refractivity contribution in [2.24, 2.45) is 5.92 Å². The molecule has 0 N–H and O–H groups in total. The topological polar surface area (TPSA) is 102 Å². The largest absolute Gasteiger partial charge is 0.493 e. The van der Waals surface area contributed by atoms with Gasteiger partial charge in [0.15, 0.2) is 0 Å². The summed E-state index contributed by atoms with van der Waals surface area (Å²) in [4.78, 5) is 33.7. The van der Waals surface area contributed by atoms with Crippen LogP contribution in [0, 0.1) is 28.9 Å². The number of rotatable bonds is 13. The number of halogens is 2. The predicted molar refractivity (Wildman–Crippen MR) is 178 cm³/mol. The van der Waals surface area contributed by atoms with Crippen LogP contribution in [0.25, 0.3) is 16.8 Å². The Morgan fingerprint density at radius 1 is 1.10 bits per heavy atom. The Hall–Kier alpha value is -5.34. The number of pyridine rings is 1. The average Bonchev–Trinajstić information content (AvgIpc) is 3.40. The van der Waals surface area contributed by atoms with Crippen LogP contribution in [-0.4, -0.2) is 51.6 Å². The molecule has 0 saturated heterocycles. The quantitative estimate of drug-likeness (QED) is 0.139. The van der Waals surface area contributed by atoms with Crippen LogP contribution in [0.5, 0.6) is 5.75 Å². The summed E-state index contributed by atoms with van der Waals surface area (Å²) >= 11 is 0. The molecule has 2 aromatic carbocycles. The second-order valence-corrected chi connectivity index (χ2v) is 11.9. The molecule has 0 aliphatic carbocycles. The molecule has 3 aromatic heterocycles. The molecule has 5 aromatic rings. The lowest BCUT2D eigenvalue weighted by Gasteiger charge is -2.19. The van der Waals surface area contributed by atoms with E-state index in [4.69, 9.17) is 9.47 Å². The molecular weight excluding hydrogens is 616 g/mol. The molecule has 0 unspecified atom stereocenters. The summed E-state index contributed by atoms with van der Waals surface area (Å²) in [6.07, 6.45) is 3.60. The first kappa shape index (κ1) is 34.0. The monoisotopic (exact) mass is 653 g/mol. The van der Waals surface area contributed by atoms with Crippen molar-refractivity contribution in [3.05, 3.63) is 123 Å². The number of hydrogen-bond donors (Lipinski definition) is 0. The van der Waals surface area contributed by atoms with Crippen LogP contribution >= 0.6 is 0 Å². The highest BCUT2D eigenvalue weighted by atomic mass is 19.1. The van der Waals surface area contributed by atoms with Crippen LogP contribution in [0.4, 0.5) is 8.78 Å². The van der Waals surface area contributed by atoms with E-state index in [0.717, 1.165) is 23.9 Å². The van der Waals surface area contributed by atoms with Crippen molar-refractivity contribution in [2.75, 3.05) is 26.8 Å². The highest BCUT2D eigenvalue weighted by Gasteiger charge is 2.28. The summed E-state index contributed by atoms with van der Waals surface area (Å²) in [6, 6.07) is 18.3. The predicted octanol–water partition coefficient (Wildman–Crippen LogP) is 6.25. The van der Waals surface area contributed by atoms with Gasteiger partial charge in [-0.15, -0.1) is 0 Å². The van der Waals surface area contributed by atoms with E-state index in [0.29, 0.717) is 48.1 Å². The molecule has 3 heterocycles. The van der Waals surface area contributed by atoms with Crippen molar-refractivity contribution in [3.8, 4) is 22.9 Å². The van der Waals surface area contributed by atoms with Gasteiger partial charge in [0, 0.05) is 48.7 Å². The number of aromatic nitrogens is 3. The fraction of sp³-hybridized carbons (Fsp3) is 0.297. The number of likely N-dealkylation sites (N-methyl/N-ethyl adjacent to an activating group) is 1. The second kappa shape index (κ2) is 15.0. The number of carbonyl (C=O) groups excluding carboxylic acids is 1. The third kappa shape index (κ3) is 7.45. The van der Waals surface area contributed by atoms with Gasteiger partial charge in [-0.05, 0) is 67.9 Å². The Labute approximate surface area is 277 Å². The fourth-order valence-corrected chi connectivity index (χ4v) is 5.54. The van der Waals surface area contributed by atoms with Crippen molar-refractivity contribution in [2.45, 2.75) is 40.3 Å². The lowest BCUT2D eigenvalue weighted by atomic mass is 10.0. The maximum absolute atomic E-state index is 15.0. The summed E-state index contributed by atoms with van der Waals surface area (Å²) < 4.78 is 43.1. The maximum Gasteiger partial charge on any atom is 0.345 e. The van der Waals surface area contributed by atoms with Crippen LogP contribution in [0.1, 0.15) is 53.6 Å². The standard InChI is InChI=1S/C37H37F2N5O4/c1-5-47-37(46)31-21-43(20-26-18-27(38)11-14-32(26)39)35-30(19-40)34(25-9-12-29(13-10-25)48-23-24(2)3)33(44(35)36(31)45)22-42(4)17-15-28-8-6-7-16-41-28/h6-14,16,18,21,24H,5,15,17,20,22-23H2,1-4H3. The minimum Gasteiger partial charge on any atom is -0.493 e. The molecule has 0 spiro atoms. The zero-order valence-electron chi connectivity index (χ0n) is 27.4. The van der Waals surface area contributed by atoms with Crippen molar-refractivity contribution in [1.82, 2.24) is 18.9 Å². The van der Waals surface area contributed by atoms with Gasteiger partial charge in [-0.1, -0.05) is 32.0 Å².